The molecular weight excluding hydrogens is 405 g/mol. The highest BCUT2D eigenvalue weighted by Gasteiger charge is 2.47. The van der Waals surface area contributed by atoms with Gasteiger partial charge in [0, 0.05) is 18.4 Å². The van der Waals surface area contributed by atoms with Crippen molar-refractivity contribution in [1.29, 1.82) is 0 Å². The molecule has 2 fully saturated rings. The molecule has 2 atom stereocenters. The first-order valence-electron chi connectivity index (χ1n) is 10.0. The minimum atomic E-state index is -4.33. The number of amides is 1. The molecule has 2 unspecified atom stereocenters. The molecule has 0 spiro atoms. The molecule has 0 aromatic carbocycles. The molecule has 2 aromatic rings. The van der Waals surface area contributed by atoms with Gasteiger partial charge >= 0.3 is 6.18 Å². The van der Waals surface area contributed by atoms with Crippen molar-refractivity contribution in [3.05, 3.63) is 40.7 Å². The van der Waals surface area contributed by atoms with Crippen molar-refractivity contribution in [3.8, 4) is 0 Å². The summed E-state index contributed by atoms with van der Waals surface area (Å²) in [6.07, 6.45) is 0.944. The first-order valence-corrected chi connectivity index (χ1v) is 10.4. The summed E-state index contributed by atoms with van der Waals surface area (Å²) in [5.74, 6) is -1.59. The third-order valence-electron chi connectivity index (χ3n) is 6.40. The maximum Gasteiger partial charge on any atom is 0.391 e. The number of alkyl halides is 3. The number of pyridine rings is 1. The summed E-state index contributed by atoms with van der Waals surface area (Å²) in [5.41, 5.74) is 0.457. The lowest BCUT2D eigenvalue weighted by molar-refractivity contribution is -0.199. The summed E-state index contributed by atoms with van der Waals surface area (Å²) >= 11 is 6.36. The van der Waals surface area contributed by atoms with E-state index in [9.17, 15) is 23.1 Å². The molecule has 8 heteroatoms. The molecule has 2 aliphatic rings. The molecular formula is C21H24ClF3N2O2. The van der Waals surface area contributed by atoms with Crippen molar-refractivity contribution in [1.82, 2.24) is 9.72 Å². The summed E-state index contributed by atoms with van der Waals surface area (Å²) in [6.45, 7) is -0.209. The maximum absolute atomic E-state index is 13.1. The minimum absolute atomic E-state index is 0.0181. The molecule has 158 valence electrons. The Labute approximate surface area is 172 Å². The number of aromatic nitrogens is 1. The van der Waals surface area contributed by atoms with Crippen LogP contribution in [0.2, 0.25) is 5.02 Å². The monoisotopic (exact) mass is 428 g/mol. The van der Waals surface area contributed by atoms with Gasteiger partial charge in [0.2, 0.25) is 0 Å². The van der Waals surface area contributed by atoms with Crippen LogP contribution in [0.1, 0.15) is 66.9 Å². The molecule has 2 aliphatic carbocycles. The van der Waals surface area contributed by atoms with Gasteiger partial charge in [0.15, 0.2) is 0 Å². The van der Waals surface area contributed by atoms with Gasteiger partial charge in [0.1, 0.15) is 0 Å². The van der Waals surface area contributed by atoms with Crippen molar-refractivity contribution in [2.75, 3.05) is 6.54 Å². The standard InChI is InChI=1S/C21H24ClF3N2O2/c22-16-7-3-9-27-17(13-4-1-5-13)10-15(18(16)27)19(28)26-12-20(29)8-2-6-14(11-20)21(23,24)25/h3,7,9-10,13-14,29H,1-2,4-6,8,11-12H2,(H,26,28). The van der Waals surface area contributed by atoms with Crippen LogP contribution in [0.25, 0.3) is 5.52 Å². The Kier molecular flexibility index (Phi) is 5.32. The number of fused-ring (bicyclic) bond motifs is 1. The fourth-order valence-electron chi connectivity index (χ4n) is 4.55. The second-order valence-electron chi connectivity index (χ2n) is 8.43. The van der Waals surface area contributed by atoms with E-state index in [2.05, 4.69) is 5.32 Å². The van der Waals surface area contributed by atoms with Crippen LogP contribution < -0.4 is 5.32 Å². The zero-order valence-electron chi connectivity index (χ0n) is 15.9. The van der Waals surface area contributed by atoms with E-state index in [-0.39, 0.29) is 32.2 Å². The van der Waals surface area contributed by atoms with Gasteiger partial charge in [-0.25, -0.2) is 0 Å². The lowest BCUT2D eigenvalue weighted by Gasteiger charge is -2.37. The number of carbonyl (C=O) groups is 1. The maximum atomic E-state index is 13.1. The van der Waals surface area contributed by atoms with Gasteiger partial charge in [0.25, 0.3) is 5.91 Å². The van der Waals surface area contributed by atoms with Crippen LogP contribution in [0.3, 0.4) is 0 Å². The summed E-state index contributed by atoms with van der Waals surface area (Å²) in [7, 11) is 0. The van der Waals surface area contributed by atoms with E-state index in [0.29, 0.717) is 22.0 Å². The molecule has 2 heterocycles. The third-order valence-corrected chi connectivity index (χ3v) is 6.71. The zero-order chi connectivity index (χ0) is 20.8. The first kappa shape index (κ1) is 20.5. The molecule has 0 radical (unpaired) electrons. The number of halogens is 4. The number of hydrogen-bond acceptors (Lipinski definition) is 2. The van der Waals surface area contributed by atoms with Gasteiger partial charge in [-0.2, -0.15) is 13.2 Å². The molecule has 2 aromatic heterocycles. The second kappa shape index (κ2) is 7.51. The highest BCUT2D eigenvalue weighted by atomic mass is 35.5. The van der Waals surface area contributed by atoms with E-state index in [0.717, 1.165) is 25.0 Å². The largest absolute Gasteiger partial charge is 0.391 e. The van der Waals surface area contributed by atoms with E-state index in [4.69, 9.17) is 11.6 Å². The Morgan fingerprint density at radius 2 is 2.07 bits per heavy atom. The average Bonchev–Trinajstić information content (AvgIpc) is 2.98. The third kappa shape index (κ3) is 3.99. The fraction of sp³-hybridized carbons (Fsp3) is 0.571. The van der Waals surface area contributed by atoms with E-state index in [1.165, 1.54) is 0 Å². The number of rotatable bonds is 4. The van der Waals surface area contributed by atoms with E-state index >= 15 is 0 Å². The Morgan fingerprint density at radius 1 is 1.31 bits per heavy atom. The lowest BCUT2D eigenvalue weighted by Crippen LogP contribution is -2.48. The number of nitrogens with one attached hydrogen (secondary N) is 1. The Hall–Kier alpha value is -1.73. The van der Waals surface area contributed by atoms with Crippen molar-refractivity contribution in [2.45, 2.75) is 62.6 Å². The van der Waals surface area contributed by atoms with Gasteiger partial charge in [-0.15, -0.1) is 0 Å². The van der Waals surface area contributed by atoms with Gasteiger partial charge in [-0.1, -0.05) is 18.0 Å². The van der Waals surface area contributed by atoms with Crippen LogP contribution in [0.5, 0.6) is 0 Å². The fourth-order valence-corrected chi connectivity index (χ4v) is 4.82. The summed E-state index contributed by atoms with van der Waals surface area (Å²) in [4.78, 5) is 12.9. The Bertz CT molecular complexity index is 923. The molecule has 0 aliphatic heterocycles. The van der Waals surface area contributed by atoms with Crippen LogP contribution in [0.4, 0.5) is 13.2 Å². The van der Waals surface area contributed by atoms with Gasteiger partial charge in [-0.3, -0.25) is 4.79 Å². The number of carbonyl (C=O) groups excluding carboxylic acids is 1. The molecule has 29 heavy (non-hydrogen) atoms. The second-order valence-corrected chi connectivity index (χ2v) is 8.83. The number of aliphatic hydroxyl groups is 1. The van der Waals surface area contributed by atoms with Gasteiger partial charge in [0.05, 0.1) is 27.6 Å². The van der Waals surface area contributed by atoms with E-state index in [1.54, 1.807) is 6.07 Å². The van der Waals surface area contributed by atoms with Crippen molar-refractivity contribution in [2.24, 2.45) is 5.92 Å². The Balaban J connectivity index is 1.54. The van der Waals surface area contributed by atoms with Gasteiger partial charge in [-0.05, 0) is 62.6 Å². The predicted molar refractivity (Wildman–Crippen MR) is 104 cm³/mol. The molecule has 4 nitrogen and oxygen atoms in total. The molecule has 0 bridgehead atoms. The number of nitrogens with zero attached hydrogens (tertiary/aromatic N) is 1. The summed E-state index contributed by atoms with van der Waals surface area (Å²) < 4.78 is 41.1. The summed E-state index contributed by atoms with van der Waals surface area (Å²) in [5, 5.41) is 13.8. The molecule has 0 saturated heterocycles. The van der Waals surface area contributed by atoms with Crippen LogP contribution in [-0.2, 0) is 0 Å². The minimum Gasteiger partial charge on any atom is -0.388 e. The average molecular weight is 429 g/mol. The quantitative estimate of drug-likeness (QED) is 0.714. The molecule has 2 N–H and O–H groups in total. The first-order chi connectivity index (χ1) is 13.7. The van der Waals surface area contributed by atoms with Crippen LogP contribution in [-0.4, -0.2) is 33.7 Å². The van der Waals surface area contributed by atoms with E-state index in [1.807, 2.05) is 22.7 Å². The van der Waals surface area contributed by atoms with Crippen molar-refractivity contribution >= 4 is 23.0 Å². The lowest BCUT2D eigenvalue weighted by atomic mass is 9.77. The molecule has 1 amide bonds. The Morgan fingerprint density at radius 3 is 2.72 bits per heavy atom. The SMILES string of the molecule is O=C(NCC1(O)CCCC(C(F)(F)F)C1)c1cc(C2CCC2)n2cccc(Cl)c12. The predicted octanol–water partition coefficient (Wildman–Crippen LogP) is 5.07. The van der Waals surface area contributed by atoms with Crippen molar-refractivity contribution in [3.63, 3.8) is 0 Å². The van der Waals surface area contributed by atoms with Gasteiger partial charge < -0.3 is 14.8 Å². The van der Waals surface area contributed by atoms with Crippen molar-refractivity contribution < 1.29 is 23.1 Å². The van der Waals surface area contributed by atoms with Crippen LogP contribution in [0, 0.1) is 5.92 Å². The number of hydrogen-bond donors (Lipinski definition) is 2. The molecule has 4 rings (SSSR count). The smallest absolute Gasteiger partial charge is 0.388 e. The molecule has 2 saturated carbocycles. The van der Waals surface area contributed by atoms with Crippen LogP contribution in [0.15, 0.2) is 24.4 Å². The highest BCUT2D eigenvalue weighted by molar-refractivity contribution is 6.34. The van der Waals surface area contributed by atoms with E-state index < -0.39 is 23.6 Å². The highest BCUT2D eigenvalue weighted by Crippen LogP contribution is 2.42. The summed E-state index contributed by atoms with van der Waals surface area (Å²) in [6, 6.07) is 5.35. The zero-order valence-corrected chi connectivity index (χ0v) is 16.7. The van der Waals surface area contributed by atoms with Crippen LogP contribution >= 0.6 is 11.6 Å². The topological polar surface area (TPSA) is 53.7 Å². The normalized spacial score (nSPS) is 25.8.